The minimum Gasteiger partial charge on any atom is -0.496 e. The summed E-state index contributed by atoms with van der Waals surface area (Å²) < 4.78 is 16.0. The van der Waals surface area contributed by atoms with Gasteiger partial charge in [0.15, 0.2) is 0 Å². The van der Waals surface area contributed by atoms with Gasteiger partial charge < -0.3 is 13.9 Å². The highest BCUT2D eigenvalue weighted by molar-refractivity contribution is 5.84. The van der Waals surface area contributed by atoms with Gasteiger partial charge in [0.05, 0.1) is 18.1 Å². The highest BCUT2D eigenvalue weighted by atomic mass is 16.5. The van der Waals surface area contributed by atoms with E-state index in [2.05, 4.69) is 0 Å². The molecule has 0 amide bonds. The van der Waals surface area contributed by atoms with Crippen molar-refractivity contribution >= 4 is 16.9 Å². The number of carbonyl (C=O) groups excluding carboxylic acids is 1. The second-order valence-corrected chi connectivity index (χ2v) is 5.16. The molecule has 0 atom stereocenters. The third-order valence-electron chi connectivity index (χ3n) is 3.66. The molecule has 0 fully saturated rings. The first-order valence-corrected chi connectivity index (χ1v) is 7.53. The lowest BCUT2D eigenvalue weighted by Gasteiger charge is -2.08. The molecule has 0 saturated carbocycles. The standard InChI is InChI=1S/C19H16O5/c1-3-18(20)24-12-8-9-14-17(10-12)23-11-15(19(14)21)13-6-4-5-7-16(13)22-2/h4-11H,3H2,1-2H3. The van der Waals surface area contributed by atoms with Crippen molar-refractivity contribution in [2.45, 2.75) is 13.3 Å². The summed E-state index contributed by atoms with van der Waals surface area (Å²) in [5.74, 6) is 0.600. The smallest absolute Gasteiger partial charge is 0.310 e. The average molecular weight is 324 g/mol. The number of hydrogen-bond acceptors (Lipinski definition) is 5. The lowest BCUT2D eigenvalue weighted by atomic mass is 10.0. The minimum absolute atomic E-state index is 0.172. The number of rotatable bonds is 4. The predicted molar refractivity (Wildman–Crippen MR) is 90.4 cm³/mol. The summed E-state index contributed by atoms with van der Waals surface area (Å²) in [5, 5.41) is 0.412. The zero-order valence-corrected chi connectivity index (χ0v) is 13.4. The van der Waals surface area contributed by atoms with E-state index in [0.717, 1.165) is 0 Å². The average Bonchev–Trinajstić information content (AvgIpc) is 2.62. The van der Waals surface area contributed by atoms with E-state index in [-0.39, 0.29) is 17.8 Å². The molecule has 0 aliphatic heterocycles. The van der Waals surface area contributed by atoms with E-state index < -0.39 is 0 Å². The molecule has 0 N–H and O–H groups in total. The Balaban J connectivity index is 2.10. The summed E-state index contributed by atoms with van der Waals surface area (Å²) in [6.45, 7) is 1.71. The molecule has 5 nitrogen and oxygen atoms in total. The molecule has 0 aliphatic rings. The van der Waals surface area contributed by atoms with Gasteiger partial charge in [-0.15, -0.1) is 0 Å². The van der Waals surface area contributed by atoms with Crippen LogP contribution in [0.2, 0.25) is 0 Å². The molecule has 1 heterocycles. The minimum atomic E-state index is -0.345. The molecule has 3 aromatic rings. The molecular weight excluding hydrogens is 308 g/mol. The van der Waals surface area contributed by atoms with Crippen LogP contribution in [0.1, 0.15) is 13.3 Å². The Morgan fingerprint density at radius 3 is 2.67 bits per heavy atom. The van der Waals surface area contributed by atoms with E-state index in [1.165, 1.54) is 12.3 Å². The molecule has 5 heteroatoms. The maximum atomic E-state index is 12.8. The molecule has 1 aromatic heterocycles. The van der Waals surface area contributed by atoms with Crippen LogP contribution in [0.15, 0.2) is 57.9 Å². The monoisotopic (exact) mass is 324 g/mol. The fraction of sp³-hybridized carbons (Fsp3) is 0.158. The van der Waals surface area contributed by atoms with Crippen molar-refractivity contribution < 1.29 is 18.7 Å². The molecule has 0 radical (unpaired) electrons. The summed E-state index contributed by atoms with van der Waals surface area (Å²) >= 11 is 0. The van der Waals surface area contributed by atoms with Gasteiger partial charge in [-0.3, -0.25) is 9.59 Å². The third kappa shape index (κ3) is 2.88. The van der Waals surface area contributed by atoms with Crippen molar-refractivity contribution in [3.63, 3.8) is 0 Å². The van der Waals surface area contributed by atoms with E-state index in [9.17, 15) is 9.59 Å². The Kier molecular flexibility index (Phi) is 4.33. The SMILES string of the molecule is CCC(=O)Oc1ccc2c(=O)c(-c3ccccc3OC)coc2c1. The fourth-order valence-electron chi connectivity index (χ4n) is 2.43. The summed E-state index contributed by atoms with van der Waals surface area (Å²) in [5.41, 5.74) is 1.27. The predicted octanol–water partition coefficient (Wildman–Crippen LogP) is 3.78. The Labute approximate surface area is 138 Å². The van der Waals surface area contributed by atoms with Crippen molar-refractivity contribution in [3.8, 4) is 22.6 Å². The largest absolute Gasteiger partial charge is 0.496 e. The molecule has 2 aromatic carbocycles. The number of fused-ring (bicyclic) bond motifs is 1. The van der Waals surface area contributed by atoms with Gasteiger partial charge in [-0.2, -0.15) is 0 Å². The summed E-state index contributed by atoms with van der Waals surface area (Å²) in [4.78, 5) is 24.1. The zero-order chi connectivity index (χ0) is 17.1. The summed E-state index contributed by atoms with van der Waals surface area (Å²) in [6.07, 6.45) is 1.67. The number of ether oxygens (including phenoxy) is 2. The maximum absolute atomic E-state index is 12.8. The number of esters is 1. The van der Waals surface area contributed by atoms with Gasteiger partial charge in [0, 0.05) is 18.1 Å². The molecule has 24 heavy (non-hydrogen) atoms. The first kappa shape index (κ1) is 15.8. The van der Waals surface area contributed by atoms with Gasteiger partial charge in [-0.05, 0) is 18.2 Å². The van der Waals surface area contributed by atoms with Crippen LogP contribution >= 0.6 is 0 Å². The first-order valence-electron chi connectivity index (χ1n) is 7.53. The number of para-hydroxylation sites is 1. The van der Waals surface area contributed by atoms with E-state index in [4.69, 9.17) is 13.9 Å². The van der Waals surface area contributed by atoms with E-state index in [1.807, 2.05) is 12.1 Å². The van der Waals surface area contributed by atoms with Gasteiger partial charge >= 0.3 is 5.97 Å². The highest BCUT2D eigenvalue weighted by Gasteiger charge is 2.13. The van der Waals surface area contributed by atoms with Crippen molar-refractivity contribution in [2.75, 3.05) is 7.11 Å². The van der Waals surface area contributed by atoms with Crippen LogP contribution in [-0.2, 0) is 4.79 Å². The van der Waals surface area contributed by atoms with E-state index >= 15 is 0 Å². The molecular formula is C19H16O5. The van der Waals surface area contributed by atoms with Crippen LogP contribution in [0.3, 0.4) is 0 Å². The molecule has 0 saturated heterocycles. The zero-order valence-electron chi connectivity index (χ0n) is 13.4. The number of benzene rings is 2. The Bertz CT molecular complexity index is 955. The topological polar surface area (TPSA) is 65.7 Å². The fourth-order valence-corrected chi connectivity index (χ4v) is 2.43. The van der Waals surface area contributed by atoms with Crippen LogP contribution in [0.4, 0.5) is 0 Å². The summed E-state index contributed by atoms with van der Waals surface area (Å²) in [7, 11) is 1.55. The second kappa shape index (κ2) is 6.58. The quantitative estimate of drug-likeness (QED) is 0.540. The van der Waals surface area contributed by atoms with Gasteiger partial charge in [-0.1, -0.05) is 25.1 Å². The Hall–Kier alpha value is -3.08. The number of methoxy groups -OCH3 is 1. The highest BCUT2D eigenvalue weighted by Crippen LogP contribution is 2.29. The maximum Gasteiger partial charge on any atom is 0.310 e. The lowest BCUT2D eigenvalue weighted by molar-refractivity contribution is -0.134. The second-order valence-electron chi connectivity index (χ2n) is 5.16. The van der Waals surface area contributed by atoms with E-state index in [0.29, 0.717) is 33.6 Å². The Morgan fingerprint density at radius 2 is 1.92 bits per heavy atom. The van der Waals surface area contributed by atoms with Crippen molar-refractivity contribution in [1.82, 2.24) is 0 Å². The van der Waals surface area contributed by atoms with Crippen molar-refractivity contribution in [1.29, 1.82) is 0 Å². The van der Waals surface area contributed by atoms with Gasteiger partial charge in [0.25, 0.3) is 0 Å². The summed E-state index contributed by atoms with van der Waals surface area (Å²) in [6, 6.07) is 12.0. The van der Waals surface area contributed by atoms with Gasteiger partial charge in [0.2, 0.25) is 5.43 Å². The van der Waals surface area contributed by atoms with Crippen LogP contribution in [0, 0.1) is 0 Å². The van der Waals surface area contributed by atoms with Crippen molar-refractivity contribution in [2.24, 2.45) is 0 Å². The molecule has 0 unspecified atom stereocenters. The van der Waals surface area contributed by atoms with Gasteiger partial charge in [0.1, 0.15) is 23.3 Å². The van der Waals surface area contributed by atoms with Crippen molar-refractivity contribution in [3.05, 3.63) is 59.0 Å². The van der Waals surface area contributed by atoms with Crippen LogP contribution < -0.4 is 14.9 Å². The van der Waals surface area contributed by atoms with Gasteiger partial charge in [-0.25, -0.2) is 0 Å². The number of carbonyl (C=O) groups is 1. The normalized spacial score (nSPS) is 10.6. The number of hydrogen-bond donors (Lipinski definition) is 0. The molecule has 0 bridgehead atoms. The van der Waals surface area contributed by atoms with Crippen LogP contribution in [0.5, 0.6) is 11.5 Å². The van der Waals surface area contributed by atoms with Crippen LogP contribution in [-0.4, -0.2) is 13.1 Å². The van der Waals surface area contributed by atoms with E-state index in [1.54, 1.807) is 38.3 Å². The van der Waals surface area contributed by atoms with Crippen LogP contribution in [0.25, 0.3) is 22.1 Å². The molecule has 122 valence electrons. The molecule has 3 rings (SSSR count). The third-order valence-corrected chi connectivity index (χ3v) is 3.66. The molecule has 0 spiro atoms. The Morgan fingerprint density at radius 1 is 1.12 bits per heavy atom. The lowest BCUT2D eigenvalue weighted by Crippen LogP contribution is -2.07. The first-order chi connectivity index (χ1) is 11.6. The molecule has 0 aliphatic carbocycles.